The number of hydrogen-bond donors (Lipinski definition) is 3. The molecule has 1 aliphatic heterocycles. The molecule has 32 heavy (non-hydrogen) atoms. The Morgan fingerprint density at radius 1 is 0.938 bits per heavy atom. The highest BCUT2D eigenvalue weighted by molar-refractivity contribution is 7.89. The summed E-state index contributed by atoms with van der Waals surface area (Å²) >= 11 is 0. The second-order valence-electron chi connectivity index (χ2n) is 8.01. The second-order valence-corrected chi connectivity index (χ2v) is 9.95. The van der Waals surface area contributed by atoms with Crippen LogP contribution in [0.2, 0.25) is 0 Å². The molecule has 1 saturated heterocycles. The number of amides is 3. The van der Waals surface area contributed by atoms with Crippen LogP contribution in [0.5, 0.6) is 0 Å². The lowest BCUT2D eigenvalue weighted by Gasteiger charge is -2.26. The molecule has 0 aliphatic carbocycles. The molecule has 0 saturated carbocycles. The van der Waals surface area contributed by atoms with Crippen molar-refractivity contribution in [3.63, 3.8) is 0 Å². The van der Waals surface area contributed by atoms with E-state index in [1.807, 2.05) is 31.2 Å². The molecule has 0 aromatic heterocycles. The number of aryl methyl sites for hydroxylation is 2. The molecule has 2 aromatic rings. The zero-order valence-corrected chi connectivity index (χ0v) is 19.3. The Morgan fingerprint density at radius 3 is 2.31 bits per heavy atom. The number of hydrogen-bond acceptors (Lipinski definition) is 4. The summed E-state index contributed by atoms with van der Waals surface area (Å²) in [5.74, 6) is -0.439. The fraction of sp³-hybridized carbons (Fsp3) is 0.391. The largest absolute Gasteiger partial charge is 0.334 e. The summed E-state index contributed by atoms with van der Waals surface area (Å²) in [6, 6.07) is 12.0. The number of piperidine rings is 1. The van der Waals surface area contributed by atoms with Gasteiger partial charge in [-0.05, 0) is 49.9 Å². The third kappa shape index (κ3) is 6.30. The normalized spacial score (nSPS) is 14.6. The highest BCUT2D eigenvalue weighted by atomic mass is 32.2. The number of carbonyl (C=O) groups excluding carboxylic acids is 2. The summed E-state index contributed by atoms with van der Waals surface area (Å²) in [6.45, 7) is 4.92. The molecule has 8 nitrogen and oxygen atoms in total. The van der Waals surface area contributed by atoms with Gasteiger partial charge in [-0.1, -0.05) is 42.3 Å². The average Bonchev–Trinajstić information content (AvgIpc) is 2.79. The Labute approximate surface area is 189 Å². The van der Waals surface area contributed by atoms with Crippen LogP contribution in [0.15, 0.2) is 47.4 Å². The number of benzene rings is 2. The van der Waals surface area contributed by atoms with Crippen LogP contribution in [0, 0.1) is 13.8 Å². The highest BCUT2D eigenvalue weighted by Gasteiger charge is 2.26. The van der Waals surface area contributed by atoms with Crippen LogP contribution < -0.4 is 16.0 Å². The molecule has 1 heterocycles. The van der Waals surface area contributed by atoms with Crippen molar-refractivity contribution >= 4 is 27.6 Å². The second kappa shape index (κ2) is 10.6. The van der Waals surface area contributed by atoms with Crippen molar-refractivity contribution in [2.45, 2.75) is 44.6 Å². The minimum absolute atomic E-state index is 0.157. The molecular formula is C23H30N4O4S. The van der Waals surface area contributed by atoms with E-state index in [-0.39, 0.29) is 11.4 Å². The van der Waals surface area contributed by atoms with Crippen molar-refractivity contribution in [3.8, 4) is 0 Å². The van der Waals surface area contributed by atoms with E-state index in [1.165, 1.54) is 10.4 Å². The molecule has 1 fully saturated rings. The van der Waals surface area contributed by atoms with Gasteiger partial charge >= 0.3 is 6.03 Å². The molecular weight excluding hydrogens is 428 g/mol. The van der Waals surface area contributed by atoms with Crippen molar-refractivity contribution in [1.29, 1.82) is 0 Å². The van der Waals surface area contributed by atoms with Gasteiger partial charge < -0.3 is 16.0 Å². The van der Waals surface area contributed by atoms with E-state index in [0.29, 0.717) is 25.3 Å². The van der Waals surface area contributed by atoms with E-state index in [0.717, 1.165) is 36.0 Å². The van der Waals surface area contributed by atoms with Crippen molar-refractivity contribution in [2.24, 2.45) is 0 Å². The van der Waals surface area contributed by atoms with Gasteiger partial charge in [-0.25, -0.2) is 13.2 Å². The lowest BCUT2D eigenvalue weighted by atomic mass is 10.1. The van der Waals surface area contributed by atoms with E-state index in [9.17, 15) is 18.0 Å². The molecule has 0 radical (unpaired) electrons. The number of rotatable bonds is 7. The molecule has 0 unspecified atom stereocenters. The lowest BCUT2D eigenvalue weighted by Crippen LogP contribution is -2.39. The Balaban J connectivity index is 1.54. The fourth-order valence-corrected chi connectivity index (χ4v) is 5.00. The van der Waals surface area contributed by atoms with E-state index in [1.54, 1.807) is 19.1 Å². The molecule has 3 N–H and O–H groups in total. The monoisotopic (exact) mass is 458 g/mol. The number of nitrogens with one attached hydrogen (secondary N) is 3. The van der Waals surface area contributed by atoms with E-state index < -0.39 is 22.0 Å². The highest BCUT2D eigenvalue weighted by Crippen LogP contribution is 2.25. The maximum absolute atomic E-state index is 12.9. The Bertz CT molecular complexity index is 1060. The standard InChI is InChI=1S/C23H30N4O4S/c1-17-6-9-19(10-7-17)15-24-23(29)25-16-22(28)26-21-14-20(11-8-18(21)2)32(30,31)27-12-4-3-5-13-27/h6-11,14H,3-5,12-13,15-16H2,1-2H3,(H,26,28)(H2,24,25,29). The van der Waals surface area contributed by atoms with Crippen LogP contribution in [0.3, 0.4) is 0 Å². The van der Waals surface area contributed by atoms with Gasteiger partial charge in [0.1, 0.15) is 0 Å². The fourth-order valence-electron chi connectivity index (χ4n) is 3.46. The topological polar surface area (TPSA) is 108 Å². The van der Waals surface area contributed by atoms with Gasteiger partial charge in [0, 0.05) is 25.3 Å². The van der Waals surface area contributed by atoms with Gasteiger partial charge in [0.25, 0.3) is 0 Å². The van der Waals surface area contributed by atoms with Gasteiger partial charge in [-0.2, -0.15) is 4.31 Å². The van der Waals surface area contributed by atoms with Gasteiger partial charge in [-0.3, -0.25) is 4.79 Å². The number of sulfonamides is 1. The van der Waals surface area contributed by atoms with E-state index in [4.69, 9.17) is 0 Å². The third-order valence-corrected chi connectivity index (χ3v) is 7.31. The Morgan fingerprint density at radius 2 is 1.62 bits per heavy atom. The number of anilines is 1. The summed E-state index contributed by atoms with van der Waals surface area (Å²) in [5.41, 5.74) is 3.24. The van der Waals surface area contributed by atoms with E-state index in [2.05, 4.69) is 16.0 Å². The summed E-state index contributed by atoms with van der Waals surface area (Å²) < 4.78 is 27.3. The first-order valence-corrected chi connectivity index (χ1v) is 12.2. The zero-order valence-electron chi connectivity index (χ0n) is 18.5. The van der Waals surface area contributed by atoms with Gasteiger partial charge in [0.2, 0.25) is 15.9 Å². The van der Waals surface area contributed by atoms with Crippen LogP contribution >= 0.6 is 0 Å². The predicted molar refractivity (Wildman–Crippen MR) is 124 cm³/mol. The number of carbonyl (C=O) groups is 2. The van der Waals surface area contributed by atoms with Gasteiger partial charge in [0.05, 0.1) is 11.4 Å². The number of nitrogens with zero attached hydrogens (tertiary/aromatic N) is 1. The molecule has 3 rings (SSSR count). The first-order valence-electron chi connectivity index (χ1n) is 10.7. The summed E-state index contributed by atoms with van der Waals surface area (Å²) in [6.07, 6.45) is 2.74. The first-order chi connectivity index (χ1) is 15.3. The predicted octanol–water partition coefficient (Wildman–Crippen LogP) is 2.92. The molecule has 0 bridgehead atoms. The lowest BCUT2D eigenvalue weighted by molar-refractivity contribution is -0.115. The summed E-state index contributed by atoms with van der Waals surface area (Å²) in [5, 5.41) is 7.91. The van der Waals surface area contributed by atoms with Crippen LogP contribution in [0.1, 0.15) is 36.0 Å². The smallest absolute Gasteiger partial charge is 0.315 e. The summed E-state index contributed by atoms with van der Waals surface area (Å²) in [4.78, 5) is 24.5. The van der Waals surface area contributed by atoms with Crippen molar-refractivity contribution < 1.29 is 18.0 Å². The summed E-state index contributed by atoms with van der Waals surface area (Å²) in [7, 11) is -3.60. The molecule has 9 heteroatoms. The maximum Gasteiger partial charge on any atom is 0.315 e. The quantitative estimate of drug-likeness (QED) is 0.593. The molecule has 172 valence electrons. The third-order valence-electron chi connectivity index (χ3n) is 5.42. The minimum Gasteiger partial charge on any atom is -0.334 e. The SMILES string of the molecule is Cc1ccc(CNC(=O)NCC(=O)Nc2cc(S(=O)(=O)N3CCCCC3)ccc2C)cc1. The maximum atomic E-state index is 12.9. The van der Waals surface area contributed by atoms with Crippen LogP contribution in [0.4, 0.5) is 10.5 Å². The zero-order chi connectivity index (χ0) is 23.1. The Hall–Kier alpha value is -2.91. The van der Waals surface area contributed by atoms with Crippen molar-refractivity contribution in [1.82, 2.24) is 14.9 Å². The van der Waals surface area contributed by atoms with Crippen LogP contribution in [-0.4, -0.2) is 44.3 Å². The van der Waals surface area contributed by atoms with Crippen LogP contribution in [0.25, 0.3) is 0 Å². The number of urea groups is 1. The van der Waals surface area contributed by atoms with Gasteiger partial charge in [-0.15, -0.1) is 0 Å². The molecule has 2 aromatic carbocycles. The molecule has 3 amide bonds. The molecule has 0 atom stereocenters. The van der Waals surface area contributed by atoms with Crippen molar-refractivity contribution in [2.75, 3.05) is 25.0 Å². The molecule has 1 aliphatic rings. The minimum atomic E-state index is -3.60. The van der Waals surface area contributed by atoms with Crippen LogP contribution in [-0.2, 0) is 21.4 Å². The Kier molecular flexibility index (Phi) is 7.87. The van der Waals surface area contributed by atoms with E-state index >= 15 is 0 Å². The van der Waals surface area contributed by atoms with Gasteiger partial charge in [0.15, 0.2) is 0 Å². The molecule has 0 spiro atoms. The van der Waals surface area contributed by atoms with Crippen molar-refractivity contribution in [3.05, 3.63) is 59.2 Å². The first kappa shape index (κ1) is 23.7. The average molecular weight is 459 g/mol.